The summed E-state index contributed by atoms with van der Waals surface area (Å²) in [6.45, 7) is 7.96. The SMILES string of the molecule is CCc1nn(C)c(CN2CCC(CC)CC2)c1Br. The first-order valence-electron chi connectivity index (χ1n) is 7.08. The van der Waals surface area contributed by atoms with Crippen LogP contribution in [0.3, 0.4) is 0 Å². The van der Waals surface area contributed by atoms with Crippen LogP contribution in [0, 0.1) is 5.92 Å². The minimum absolute atomic E-state index is 0.947. The summed E-state index contributed by atoms with van der Waals surface area (Å²) >= 11 is 3.70. The lowest BCUT2D eigenvalue weighted by Gasteiger charge is -2.31. The van der Waals surface area contributed by atoms with Gasteiger partial charge >= 0.3 is 0 Å². The highest BCUT2D eigenvalue weighted by Crippen LogP contribution is 2.26. The van der Waals surface area contributed by atoms with Crippen LogP contribution >= 0.6 is 15.9 Å². The second-order valence-electron chi connectivity index (χ2n) is 5.31. The Hall–Kier alpha value is -0.350. The molecular weight excluding hydrogens is 290 g/mol. The third kappa shape index (κ3) is 2.97. The van der Waals surface area contributed by atoms with Crippen molar-refractivity contribution in [1.29, 1.82) is 0 Å². The molecule has 0 aliphatic carbocycles. The second-order valence-corrected chi connectivity index (χ2v) is 6.11. The summed E-state index contributed by atoms with van der Waals surface area (Å²) in [5.41, 5.74) is 2.50. The summed E-state index contributed by atoms with van der Waals surface area (Å²) in [7, 11) is 2.05. The van der Waals surface area contributed by atoms with E-state index in [1.165, 1.54) is 48.2 Å². The lowest BCUT2D eigenvalue weighted by molar-refractivity contribution is 0.171. The Balaban J connectivity index is 2.00. The van der Waals surface area contributed by atoms with Gasteiger partial charge in [0, 0.05) is 13.6 Å². The van der Waals surface area contributed by atoms with E-state index in [0.29, 0.717) is 0 Å². The molecule has 0 saturated carbocycles. The number of aromatic nitrogens is 2. The lowest BCUT2D eigenvalue weighted by atomic mass is 9.94. The average molecular weight is 314 g/mol. The third-order valence-corrected chi connectivity index (χ3v) is 5.08. The molecule has 1 aromatic rings. The van der Waals surface area contributed by atoms with E-state index in [4.69, 9.17) is 0 Å². The monoisotopic (exact) mass is 313 g/mol. The van der Waals surface area contributed by atoms with Gasteiger partial charge in [-0.3, -0.25) is 9.58 Å². The van der Waals surface area contributed by atoms with Crippen LogP contribution in [0.4, 0.5) is 0 Å². The molecule has 3 nitrogen and oxygen atoms in total. The fourth-order valence-electron chi connectivity index (χ4n) is 2.76. The molecule has 0 N–H and O–H groups in total. The molecule has 0 aromatic carbocycles. The van der Waals surface area contributed by atoms with Crippen LogP contribution in [-0.2, 0) is 20.0 Å². The molecule has 2 heterocycles. The van der Waals surface area contributed by atoms with Gasteiger partial charge in [-0.2, -0.15) is 5.10 Å². The Kier molecular flexibility index (Phi) is 4.84. The molecule has 4 heteroatoms. The van der Waals surface area contributed by atoms with Gasteiger partial charge in [0.25, 0.3) is 0 Å². The first kappa shape index (κ1) is 14.1. The fraction of sp³-hybridized carbons (Fsp3) is 0.786. The number of hydrogen-bond acceptors (Lipinski definition) is 2. The van der Waals surface area contributed by atoms with E-state index in [2.05, 4.69) is 46.8 Å². The average Bonchev–Trinajstić information content (AvgIpc) is 2.67. The number of aryl methyl sites for hydroxylation is 2. The van der Waals surface area contributed by atoms with Gasteiger partial charge in [-0.15, -0.1) is 0 Å². The topological polar surface area (TPSA) is 21.1 Å². The summed E-state index contributed by atoms with van der Waals surface area (Å²) in [4.78, 5) is 2.56. The van der Waals surface area contributed by atoms with Crippen LogP contribution in [0.5, 0.6) is 0 Å². The maximum absolute atomic E-state index is 4.57. The predicted octanol–water partition coefficient (Wildman–Crippen LogP) is 3.37. The standard InChI is InChI=1S/C14H24BrN3/c1-4-11-6-8-18(9-7-11)10-13-14(15)12(5-2)16-17(13)3/h11H,4-10H2,1-3H3. The van der Waals surface area contributed by atoms with Crippen molar-refractivity contribution in [3.05, 3.63) is 15.9 Å². The van der Waals surface area contributed by atoms with Crippen molar-refractivity contribution in [3.8, 4) is 0 Å². The van der Waals surface area contributed by atoms with Crippen molar-refractivity contribution in [1.82, 2.24) is 14.7 Å². The van der Waals surface area contributed by atoms with Crippen molar-refractivity contribution in [2.75, 3.05) is 13.1 Å². The Morgan fingerprint density at radius 3 is 2.44 bits per heavy atom. The molecule has 1 aromatic heterocycles. The van der Waals surface area contributed by atoms with E-state index in [9.17, 15) is 0 Å². The lowest BCUT2D eigenvalue weighted by Crippen LogP contribution is -2.33. The van der Waals surface area contributed by atoms with Crippen LogP contribution in [0.15, 0.2) is 4.47 Å². The number of hydrogen-bond donors (Lipinski definition) is 0. The molecular formula is C14H24BrN3. The van der Waals surface area contributed by atoms with Crippen LogP contribution in [0.1, 0.15) is 44.5 Å². The van der Waals surface area contributed by atoms with Crippen molar-refractivity contribution < 1.29 is 0 Å². The van der Waals surface area contributed by atoms with Gasteiger partial charge in [0.1, 0.15) is 0 Å². The molecule has 2 rings (SSSR count). The highest BCUT2D eigenvalue weighted by atomic mass is 79.9. The van der Waals surface area contributed by atoms with Crippen molar-refractivity contribution >= 4 is 15.9 Å². The van der Waals surface area contributed by atoms with E-state index >= 15 is 0 Å². The molecule has 0 radical (unpaired) electrons. The Morgan fingerprint density at radius 2 is 1.94 bits per heavy atom. The fourth-order valence-corrected chi connectivity index (χ4v) is 3.50. The summed E-state index contributed by atoms with van der Waals surface area (Å²) < 4.78 is 3.25. The quantitative estimate of drug-likeness (QED) is 0.849. The normalized spacial score (nSPS) is 18.4. The van der Waals surface area contributed by atoms with Gasteiger partial charge in [0.2, 0.25) is 0 Å². The summed E-state index contributed by atoms with van der Waals surface area (Å²) in [6.07, 6.45) is 5.04. The zero-order valence-electron chi connectivity index (χ0n) is 11.7. The van der Waals surface area contributed by atoms with Crippen molar-refractivity contribution in [2.45, 2.75) is 46.1 Å². The van der Waals surface area contributed by atoms with E-state index in [0.717, 1.165) is 18.9 Å². The molecule has 0 atom stereocenters. The van der Waals surface area contributed by atoms with Crippen LogP contribution in [-0.4, -0.2) is 27.8 Å². The smallest absolute Gasteiger partial charge is 0.0767 e. The van der Waals surface area contributed by atoms with E-state index < -0.39 is 0 Å². The zero-order chi connectivity index (χ0) is 13.1. The molecule has 0 amide bonds. The van der Waals surface area contributed by atoms with Crippen LogP contribution < -0.4 is 0 Å². The minimum Gasteiger partial charge on any atom is -0.297 e. The summed E-state index contributed by atoms with van der Waals surface area (Å²) in [6, 6.07) is 0. The first-order valence-corrected chi connectivity index (χ1v) is 7.87. The van der Waals surface area contributed by atoms with Gasteiger partial charge in [-0.25, -0.2) is 0 Å². The van der Waals surface area contributed by atoms with Crippen LogP contribution in [0.25, 0.3) is 0 Å². The highest BCUT2D eigenvalue weighted by molar-refractivity contribution is 9.10. The Labute approximate surface area is 119 Å². The largest absolute Gasteiger partial charge is 0.297 e. The highest BCUT2D eigenvalue weighted by Gasteiger charge is 2.20. The molecule has 18 heavy (non-hydrogen) atoms. The number of nitrogens with zero attached hydrogens (tertiary/aromatic N) is 3. The van der Waals surface area contributed by atoms with Gasteiger partial charge in [0.05, 0.1) is 15.9 Å². The van der Waals surface area contributed by atoms with Gasteiger partial charge < -0.3 is 0 Å². The van der Waals surface area contributed by atoms with Gasteiger partial charge in [-0.05, 0) is 54.2 Å². The molecule has 1 aliphatic rings. The summed E-state index contributed by atoms with van der Waals surface area (Å²) in [5.74, 6) is 0.947. The maximum Gasteiger partial charge on any atom is 0.0767 e. The molecule has 0 unspecified atom stereocenters. The molecule has 0 bridgehead atoms. The number of likely N-dealkylation sites (tertiary alicyclic amines) is 1. The molecule has 102 valence electrons. The van der Waals surface area contributed by atoms with Crippen molar-refractivity contribution in [2.24, 2.45) is 13.0 Å². The molecule has 1 saturated heterocycles. The van der Waals surface area contributed by atoms with E-state index in [-0.39, 0.29) is 0 Å². The Bertz CT molecular complexity index is 392. The van der Waals surface area contributed by atoms with E-state index in [1.807, 2.05) is 4.68 Å². The predicted molar refractivity (Wildman–Crippen MR) is 78.6 cm³/mol. The molecule has 1 aliphatic heterocycles. The number of rotatable bonds is 4. The maximum atomic E-state index is 4.57. The third-order valence-electron chi connectivity index (χ3n) is 4.16. The zero-order valence-corrected chi connectivity index (χ0v) is 13.3. The Morgan fingerprint density at radius 1 is 1.28 bits per heavy atom. The molecule has 0 spiro atoms. The van der Waals surface area contributed by atoms with E-state index in [1.54, 1.807) is 0 Å². The number of piperidine rings is 1. The number of halogens is 1. The van der Waals surface area contributed by atoms with Gasteiger partial charge in [-0.1, -0.05) is 20.3 Å². The van der Waals surface area contributed by atoms with Crippen molar-refractivity contribution in [3.63, 3.8) is 0 Å². The summed E-state index contributed by atoms with van der Waals surface area (Å²) in [5, 5.41) is 4.57. The second kappa shape index (κ2) is 6.20. The first-order chi connectivity index (χ1) is 8.65. The van der Waals surface area contributed by atoms with Crippen LogP contribution in [0.2, 0.25) is 0 Å². The minimum atomic E-state index is 0.947. The van der Waals surface area contributed by atoms with Gasteiger partial charge in [0.15, 0.2) is 0 Å². The molecule has 1 fully saturated rings.